The monoisotopic (exact) mass is 481 g/mol. The van der Waals surface area contributed by atoms with Crippen molar-refractivity contribution in [2.75, 3.05) is 54.3 Å². The molecule has 0 spiro atoms. The number of hydrogen-bond donors (Lipinski definition) is 0. The second-order valence-electron chi connectivity index (χ2n) is 7.60. The van der Waals surface area contributed by atoms with E-state index in [2.05, 4.69) is 9.97 Å². The van der Waals surface area contributed by atoms with Crippen LogP contribution in [0, 0.1) is 0 Å². The van der Waals surface area contributed by atoms with Crippen LogP contribution >= 0.6 is 0 Å². The van der Waals surface area contributed by atoms with E-state index >= 15 is 0 Å². The van der Waals surface area contributed by atoms with E-state index in [9.17, 15) is 16.8 Å². The van der Waals surface area contributed by atoms with Gasteiger partial charge in [-0.25, -0.2) is 26.8 Å². The van der Waals surface area contributed by atoms with Crippen LogP contribution in [0.4, 0.5) is 11.6 Å². The maximum Gasteiger partial charge on any atom is 0.246 e. The van der Waals surface area contributed by atoms with Crippen LogP contribution in [0.5, 0.6) is 5.75 Å². The number of hydrogen-bond acceptors (Lipinski definition) is 8. The Labute approximate surface area is 188 Å². The third-order valence-corrected chi connectivity index (χ3v) is 9.35. The van der Waals surface area contributed by atoms with Crippen molar-refractivity contribution < 1.29 is 21.6 Å². The summed E-state index contributed by atoms with van der Waals surface area (Å²) in [5.41, 5.74) is 0.350. The molecule has 2 fully saturated rings. The van der Waals surface area contributed by atoms with Crippen LogP contribution in [0.2, 0.25) is 0 Å². The van der Waals surface area contributed by atoms with Gasteiger partial charge < -0.3 is 9.64 Å². The highest BCUT2D eigenvalue weighted by Crippen LogP contribution is 2.34. The lowest BCUT2D eigenvalue weighted by Crippen LogP contribution is -2.49. The van der Waals surface area contributed by atoms with Gasteiger partial charge >= 0.3 is 0 Å². The standard InChI is InChI=1S/C20H27N5O5S2/c1-2-30-18-7-6-17(25-10-3-4-15-31(25,26)27)16-19(18)32(28,29)24-13-11-23(12-14-24)20-21-8-5-9-22-20/h5-9,16H,2-4,10-15H2,1H3. The van der Waals surface area contributed by atoms with Crippen molar-refractivity contribution in [1.29, 1.82) is 0 Å². The molecular weight excluding hydrogens is 454 g/mol. The fraction of sp³-hybridized carbons (Fsp3) is 0.500. The Morgan fingerprint density at radius 3 is 2.41 bits per heavy atom. The lowest BCUT2D eigenvalue weighted by molar-refractivity contribution is 0.327. The Bertz CT molecular complexity index is 1150. The summed E-state index contributed by atoms with van der Waals surface area (Å²) in [7, 11) is -7.36. The van der Waals surface area contributed by atoms with Crippen LogP contribution in [0.15, 0.2) is 41.6 Å². The SMILES string of the molecule is CCOc1ccc(N2CCCCS2(=O)=O)cc1S(=O)(=O)N1CCN(c2ncccn2)CC1. The van der Waals surface area contributed by atoms with Crippen molar-refractivity contribution in [3.63, 3.8) is 0 Å². The van der Waals surface area contributed by atoms with Crippen LogP contribution in [-0.4, -0.2) is 76.2 Å². The average molecular weight is 482 g/mol. The van der Waals surface area contributed by atoms with E-state index in [1.54, 1.807) is 37.5 Å². The molecule has 174 valence electrons. The van der Waals surface area contributed by atoms with Crippen LogP contribution < -0.4 is 13.9 Å². The predicted molar refractivity (Wildman–Crippen MR) is 121 cm³/mol. The molecule has 2 aliphatic rings. The molecule has 0 atom stereocenters. The van der Waals surface area contributed by atoms with Gasteiger partial charge in [0.05, 0.1) is 18.0 Å². The van der Waals surface area contributed by atoms with Crippen LogP contribution in [0.3, 0.4) is 0 Å². The Kier molecular flexibility index (Phi) is 6.54. The van der Waals surface area contributed by atoms with Crippen molar-refractivity contribution in [3.8, 4) is 5.75 Å². The molecule has 0 bridgehead atoms. The first kappa shape index (κ1) is 22.7. The predicted octanol–water partition coefficient (Wildman–Crippen LogP) is 1.32. The Balaban J connectivity index is 1.62. The van der Waals surface area contributed by atoms with Gasteiger partial charge in [0.25, 0.3) is 0 Å². The van der Waals surface area contributed by atoms with Crippen LogP contribution in [0.25, 0.3) is 0 Å². The minimum absolute atomic E-state index is 0.0120. The summed E-state index contributed by atoms with van der Waals surface area (Å²) in [6.45, 7) is 3.84. The smallest absolute Gasteiger partial charge is 0.246 e. The lowest BCUT2D eigenvalue weighted by atomic mass is 10.2. The molecule has 0 amide bonds. The fourth-order valence-corrected chi connectivity index (χ4v) is 7.13. The summed E-state index contributed by atoms with van der Waals surface area (Å²) in [5.74, 6) is 0.850. The van der Waals surface area contributed by atoms with Gasteiger partial charge in [-0.15, -0.1) is 0 Å². The number of piperazine rings is 1. The van der Waals surface area contributed by atoms with Crippen molar-refractivity contribution >= 4 is 31.7 Å². The van der Waals surface area contributed by atoms with Crippen molar-refractivity contribution in [1.82, 2.24) is 14.3 Å². The largest absolute Gasteiger partial charge is 0.492 e. The molecule has 0 N–H and O–H groups in total. The average Bonchev–Trinajstić information content (AvgIpc) is 2.80. The van der Waals surface area contributed by atoms with E-state index in [1.165, 1.54) is 14.7 Å². The van der Waals surface area contributed by atoms with Gasteiger partial charge in [0, 0.05) is 45.1 Å². The molecular formula is C20H27N5O5S2. The van der Waals surface area contributed by atoms with Crippen molar-refractivity contribution in [3.05, 3.63) is 36.7 Å². The van der Waals surface area contributed by atoms with E-state index in [0.717, 1.165) is 6.42 Å². The zero-order chi connectivity index (χ0) is 22.8. The van der Waals surface area contributed by atoms with Crippen molar-refractivity contribution in [2.24, 2.45) is 0 Å². The zero-order valence-corrected chi connectivity index (χ0v) is 19.6. The van der Waals surface area contributed by atoms with Gasteiger partial charge in [-0.3, -0.25) is 4.31 Å². The third-order valence-electron chi connectivity index (χ3n) is 5.56. The van der Waals surface area contributed by atoms with Crippen LogP contribution in [0.1, 0.15) is 19.8 Å². The molecule has 1 aromatic carbocycles. The first-order valence-electron chi connectivity index (χ1n) is 10.6. The number of aromatic nitrogens is 2. The van der Waals surface area contributed by atoms with Crippen LogP contribution in [-0.2, 0) is 20.0 Å². The van der Waals surface area contributed by atoms with Gasteiger partial charge in [-0.05, 0) is 44.0 Å². The summed E-state index contributed by atoms with van der Waals surface area (Å²) in [6.07, 6.45) is 4.65. The molecule has 4 rings (SSSR count). The lowest BCUT2D eigenvalue weighted by Gasteiger charge is -2.34. The van der Waals surface area contributed by atoms with Gasteiger partial charge in [0.2, 0.25) is 26.0 Å². The first-order chi connectivity index (χ1) is 15.3. The zero-order valence-electron chi connectivity index (χ0n) is 17.9. The Morgan fingerprint density at radius 1 is 1.03 bits per heavy atom. The summed E-state index contributed by atoms with van der Waals surface area (Å²) in [6, 6.07) is 6.31. The van der Waals surface area contributed by atoms with Gasteiger partial charge in [0.1, 0.15) is 10.6 Å². The van der Waals surface area contributed by atoms with Gasteiger partial charge in [-0.2, -0.15) is 4.31 Å². The molecule has 2 saturated heterocycles. The second kappa shape index (κ2) is 9.20. The molecule has 2 aliphatic heterocycles. The topological polar surface area (TPSA) is 113 Å². The highest BCUT2D eigenvalue weighted by atomic mass is 32.2. The summed E-state index contributed by atoms with van der Waals surface area (Å²) in [4.78, 5) is 10.4. The van der Waals surface area contributed by atoms with E-state index in [4.69, 9.17) is 4.74 Å². The molecule has 10 nitrogen and oxygen atoms in total. The van der Waals surface area contributed by atoms with Crippen molar-refractivity contribution in [2.45, 2.75) is 24.7 Å². The quantitative estimate of drug-likeness (QED) is 0.607. The highest BCUT2D eigenvalue weighted by molar-refractivity contribution is 7.92. The number of rotatable bonds is 6. The maximum atomic E-state index is 13.6. The summed E-state index contributed by atoms with van der Waals surface area (Å²) >= 11 is 0. The number of sulfonamides is 2. The highest BCUT2D eigenvalue weighted by Gasteiger charge is 2.33. The molecule has 0 aliphatic carbocycles. The Hall–Kier alpha value is -2.44. The Morgan fingerprint density at radius 2 is 1.75 bits per heavy atom. The van der Waals surface area contributed by atoms with E-state index < -0.39 is 20.0 Å². The second-order valence-corrected chi connectivity index (χ2v) is 11.5. The maximum absolute atomic E-state index is 13.6. The normalized spacial score (nSPS) is 19.7. The molecule has 0 saturated carbocycles. The first-order valence-corrected chi connectivity index (χ1v) is 13.7. The molecule has 2 aromatic rings. The minimum Gasteiger partial charge on any atom is -0.492 e. The minimum atomic E-state index is -3.90. The van der Waals surface area contributed by atoms with E-state index in [1.807, 2.05) is 4.90 Å². The van der Waals surface area contributed by atoms with Gasteiger partial charge in [-0.1, -0.05) is 0 Å². The molecule has 0 unspecified atom stereocenters. The molecule has 0 radical (unpaired) electrons. The molecule has 32 heavy (non-hydrogen) atoms. The third kappa shape index (κ3) is 4.52. The molecule has 3 heterocycles. The number of nitrogens with zero attached hydrogens (tertiary/aromatic N) is 5. The summed E-state index contributed by atoms with van der Waals surface area (Å²) in [5, 5.41) is 0. The molecule has 1 aromatic heterocycles. The summed E-state index contributed by atoms with van der Waals surface area (Å²) < 4.78 is 60.5. The van der Waals surface area contributed by atoms with Gasteiger partial charge in [0.15, 0.2) is 0 Å². The van der Waals surface area contributed by atoms with E-state index in [-0.39, 0.29) is 29.5 Å². The number of ether oxygens (including phenoxy) is 1. The number of benzene rings is 1. The fourth-order valence-electron chi connectivity index (χ4n) is 3.93. The molecule has 12 heteroatoms. The number of anilines is 2. The van der Waals surface area contributed by atoms with E-state index in [0.29, 0.717) is 44.3 Å².